The predicted octanol–water partition coefficient (Wildman–Crippen LogP) is 7.17. The van der Waals surface area contributed by atoms with Crippen LogP contribution in [-0.4, -0.2) is 15.5 Å². The second kappa shape index (κ2) is 8.48. The van der Waals surface area contributed by atoms with Crippen LogP contribution in [0.15, 0.2) is 66.9 Å². The lowest BCUT2D eigenvalue weighted by molar-refractivity contribution is 0.194. The molecule has 0 bridgehead atoms. The maximum atomic E-state index is 13.9. The van der Waals surface area contributed by atoms with Gasteiger partial charge in [0.1, 0.15) is 5.00 Å². The Morgan fingerprint density at radius 2 is 1.76 bits per heavy atom. The first-order valence-corrected chi connectivity index (χ1v) is 12.9. The third kappa shape index (κ3) is 3.64. The molecule has 172 valence electrons. The number of nitrogens with one attached hydrogen (secondary N) is 1. The molecule has 1 aliphatic carbocycles. The Bertz CT molecular complexity index is 1360. The van der Waals surface area contributed by atoms with Crippen molar-refractivity contribution >= 4 is 23.1 Å². The number of benzene rings is 2. The van der Waals surface area contributed by atoms with E-state index in [0.29, 0.717) is 6.54 Å². The minimum atomic E-state index is -0.167. The lowest BCUT2D eigenvalue weighted by Gasteiger charge is -2.31. The van der Waals surface area contributed by atoms with Gasteiger partial charge >= 0.3 is 6.03 Å². The van der Waals surface area contributed by atoms with Crippen LogP contribution in [0.3, 0.4) is 0 Å². The van der Waals surface area contributed by atoms with Gasteiger partial charge in [0.05, 0.1) is 18.3 Å². The van der Waals surface area contributed by atoms with Gasteiger partial charge < -0.3 is 14.8 Å². The van der Waals surface area contributed by atoms with Gasteiger partial charge in [0.15, 0.2) is 0 Å². The molecule has 0 spiro atoms. The van der Waals surface area contributed by atoms with Crippen molar-refractivity contribution in [3.05, 3.63) is 105 Å². The molecule has 2 amide bonds. The number of nitrogens with zero attached hydrogens (tertiary/aromatic N) is 2. The van der Waals surface area contributed by atoms with Crippen LogP contribution in [0.1, 0.15) is 57.3 Å². The molecule has 6 rings (SSSR count). The molecule has 0 saturated heterocycles. The van der Waals surface area contributed by atoms with Crippen LogP contribution in [0, 0.1) is 13.8 Å². The highest BCUT2D eigenvalue weighted by molar-refractivity contribution is 7.15. The van der Waals surface area contributed by atoms with Gasteiger partial charge in [-0.2, -0.15) is 0 Å². The van der Waals surface area contributed by atoms with Crippen molar-refractivity contribution < 1.29 is 4.79 Å². The minimum Gasteiger partial charge on any atom is -0.310 e. The van der Waals surface area contributed by atoms with Crippen LogP contribution in [0.5, 0.6) is 0 Å². The maximum absolute atomic E-state index is 13.9. The van der Waals surface area contributed by atoms with Gasteiger partial charge in [-0.05, 0) is 80.5 Å². The summed E-state index contributed by atoms with van der Waals surface area (Å²) in [4.78, 5) is 17.5. The van der Waals surface area contributed by atoms with Gasteiger partial charge in [0.2, 0.25) is 0 Å². The average molecular weight is 468 g/mol. The van der Waals surface area contributed by atoms with E-state index in [9.17, 15) is 4.79 Å². The number of thiophene rings is 1. The highest BCUT2D eigenvalue weighted by atomic mass is 32.1. The first-order chi connectivity index (χ1) is 16.6. The van der Waals surface area contributed by atoms with E-state index in [0.717, 1.165) is 35.3 Å². The second-order valence-electron chi connectivity index (χ2n) is 9.54. The molecule has 0 saturated carbocycles. The van der Waals surface area contributed by atoms with Crippen LogP contribution >= 0.6 is 11.3 Å². The van der Waals surface area contributed by atoms with Crippen molar-refractivity contribution in [2.24, 2.45) is 0 Å². The second-order valence-corrected chi connectivity index (χ2v) is 10.6. The number of urea groups is 1. The third-order valence-corrected chi connectivity index (χ3v) is 8.44. The normalized spacial score (nSPS) is 16.9. The number of hydrogen-bond acceptors (Lipinski definition) is 2. The molecule has 3 heterocycles. The zero-order valence-electron chi connectivity index (χ0n) is 19.7. The molecular formula is C29H29N3OS. The first-order valence-electron chi connectivity index (χ1n) is 12.1. The van der Waals surface area contributed by atoms with E-state index in [4.69, 9.17) is 0 Å². The minimum absolute atomic E-state index is 0.0625. The fourth-order valence-corrected chi connectivity index (χ4v) is 6.81. The third-order valence-electron chi connectivity index (χ3n) is 7.10. The molecule has 2 aliphatic rings. The van der Waals surface area contributed by atoms with E-state index in [1.54, 1.807) is 0 Å². The number of fused-ring (bicyclic) bond motifs is 5. The topological polar surface area (TPSA) is 37.3 Å². The summed E-state index contributed by atoms with van der Waals surface area (Å²) in [6.07, 6.45) is 6.92. The van der Waals surface area contributed by atoms with Crippen molar-refractivity contribution in [1.82, 2.24) is 9.47 Å². The molecule has 1 N–H and O–H groups in total. The molecule has 4 aromatic rings. The van der Waals surface area contributed by atoms with Gasteiger partial charge in [0, 0.05) is 22.3 Å². The van der Waals surface area contributed by atoms with E-state index in [-0.39, 0.29) is 12.1 Å². The van der Waals surface area contributed by atoms with Crippen LogP contribution in [0.25, 0.3) is 5.00 Å². The fourth-order valence-electron chi connectivity index (χ4n) is 5.40. The van der Waals surface area contributed by atoms with Crippen molar-refractivity contribution in [3.8, 4) is 5.00 Å². The number of anilines is 1. The summed E-state index contributed by atoms with van der Waals surface area (Å²) in [6, 6.07) is 20.7. The molecular weight excluding hydrogens is 438 g/mol. The summed E-state index contributed by atoms with van der Waals surface area (Å²) in [6.45, 7) is 4.76. The largest absolute Gasteiger partial charge is 0.322 e. The number of aromatic nitrogens is 1. The van der Waals surface area contributed by atoms with E-state index >= 15 is 0 Å². The number of rotatable bonds is 2. The fraction of sp³-hybridized carbons (Fsp3) is 0.276. The molecule has 34 heavy (non-hydrogen) atoms. The van der Waals surface area contributed by atoms with Gasteiger partial charge in [0.25, 0.3) is 0 Å². The van der Waals surface area contributed by atoms with Crippen molar-refractivity contribution in [1.29, 1.82) is 0 Å². The number of aryl methyl sites for hydroxylation is 3. The quantitative estimate of drug-likeness (QED) is 0.333. The number of carbonyl (C=O) groups excluding carboxylic acids is 1. The molecule has 5 heteroatoms. The highest BCUT2D eigenvalue weighted by Gasteiger charge is 2.36. The van der Waals surface area contributed by atoms with Gasteiger partial charge in [-0.25, -0.2) is 4.79 Å². The van der Waals surface area contributed by atoms with E-state index < -0.39 is 0 Å². The van der Waals surface area contributed by atoms with Crippen LogP contribution in [0.2, 0.25) is 0 Å². The van der Waals surface area contributed by atoms with Crippen molar-refractivity contribution in [2.75, 3.05) is 5.32 Å². The lowest BCUT2D eigenvalue weighted by Crippen LogP contribution is -2.38. The number of carbonyl (C=O) groups is 1. The number of amides is 2. The summed E-state index contributed by atoms with van der Waals surface area (Å²) >= 11 is 1.92. The van der Waals surface area contributed by atoms with E-state index in [1.165, 1.54) is 39.4 Å². The lowest BCUT2D eigenvalue weighted by atomic mass is 9.95. The Balaban J connectivity index is 1.50. The molecule has 2 aromatic heterocycles. The maximum Gasteiger partial charge on any atom is 0.322 e. The summed E-state index contributed by atoms with van der Waals surface area (Å²) in [5.74, 6) is 0. The molecule has 0 unspecified atom stereocenters. The summed E-state index contributed by atoms with van der Waals surface area (Å²) in [5, 5.41) is 4.49. The monoisotopic (exact) mass is 467 g/mol. The summed E-state index contributed by atoms with van der Waals surface area (Å²) < 4.78 is 2.34. The van der Waals surface area contributed by atoms with Crippen LogP contribution in [-0.2, 0) is 19.4 Å². The summed E-state index contributed by atoms with van der Waals surface area (Å²) in [5.41, 5.74) is 8.26. The zero-order valence-corrected chi connectivity index (χ0v) is 20.5. The molecule has 0 radical (unpaired) electrons. The molecule has 2 aromatic carbocycles. The Morgan fingerprint density at radius 3 is 2.59 bits per heavy atom. The van der Waals surface area contributed by atoms with Gasteiger partial charge in [-0.15, -0.1) is 11.3 Å². The predicted molar refractivity (Wildman–Crippen MR) is 139 cm³/mol. The van der Waals surface area contributed by atoms with Crippen molar-refractivity contribution in [3.63, 3.8) is 0 Å². The van der Waals surface area contributed by atoms with E-state index in [2.05, 4.69) is 59.4 Å². The smallest absolute Gasteiger partial charge is 0.310 e. The number of hydrogen-bond donors (Lipinski definition) is 1. The van der Waals surface area contributed by atoms with Crippen LogP contribution < -0.4 is 5.32 Å². The van der Waals surface area contributed by atoms with Gasteiger partial charge in [-0.3, -0.25) is 0 Å². The molecule has 0 fully saturated rings. The SMILES string of the molecule is Cc1ccc([C@H]2c3cccn3-c3sc4c(c3CN2C(=O)Nc2cccc(C)c2)CCCC4)cc1. The van der Waals surface area contributed by atoms with Crippen LogP contribution in [0.4, 0.5) is 10.5 Å². The molecule has 4 nitrogen and oxygen atoms in total. The molecule has 1 aliphatic heterocycles. The first kappa shape index (κ1) is 21.2. The summed E-state index contributed by atoms with van der Waals surface area (Å²) in [7, 11) is 0. The molecule has 1 atom stereocenters. The highest BCUT2D eigenvalue weighted by Crippen LogP contribution is 2.44. The van der Waals surface area contributed by atoms with E-state index in [1.807, 2.05) is 47.4 Å². The van der Waals surface area contributed by atoms with Crippen molar-refractivity contribution in [2.45, 2.75) is 52.1 Å². The Kier molecular flexibility index (Phi) is 5.30. The Morgan fingerprint density at radius 1 is 0.941 bits per heavy atom. The van der Waals surface area contributed by atoms with Gasteiger partial charge in [-0.1, -0.05) is 42.0 Å². The standard InChI is InChI=1S/C29H29N3OS/c1-19-12-14-21(15-13-19)27-25-10-6-16-31(25)28-24(23-9-3-4-11-26(23)34-28)18-32(27)29(33)30-22-8-5-7-20(2)17-22/h5-8,10,12-17,27H,3-4,9,11,18H2,1-2H3,(H,30,33)/t27-/m0/s1. The Labute approximate surface area is 204 Å². The Hall–Kier alpha value is -3.31. The zero-order chi connectivity index (χ0) is 23.2. The average Bonchev–Trinajstić information content (AvgIpc) is 3.42.